The maximum atomic E-state index is 11.6. The largest absolute Gasteiger partial charge is 0.483 e. The molecular weight excluding hydrogens is 391 g/mol. The summed E-state index contributed by atoms with van der Waals surface area (Å²) in [6, 6.07) is 9.36. The van der Waals surface area contributed by atoms with Crippen molar-refractivity contribution < 1.29 is 17.9 Å². The van der Waals surface area contributed by atoms with Gasteiger partial charge in [-0.05, 0) is 42.5 Å². The molecule has 8 heteroatoms. The number of halogens is 2. The third-order valence-corrected chi connectivity index (χ3v) is 4.77. The second-order valence-corrected chi connectivity index (χ2v) is 8.43. The van der Waals surface area contributed by atoms with Crippen molar-refractivity contribution in [1.82, 2.24) is 0 Å². The first-order chi connectivity index (χ1) is 11.2. The third kappa shape index (κ3) is 5.08. The molecule has 4 nitrogen and oxygen atoms in total. The zero-order valence-electron chi connectivity index (χ0n) is 12.9. The number of hydrogen-bond acceptors (Lipinski definition) is 5. The summed E-state index contributed by atoms with van der Waals surface area (Å²) in [5, 5.41) is 1.07. The molecule has 0 spiro atoms. The molecule has 0 aromatic heterocycles. The number of thiocarbonyl (C=S) groups is 1. The van der Waals surface area contributed by atoms with Crippen molar-refractivity contribution in [2.45, 2.75) is 18.4 Å². The number of rotatable bonds is 5. The number of ether oxygens (including phenoxy) is 2. The van der Waals surface area contributed by atoms with Gasteiger partial charge in [-0.15, -0.1) is 0 Å². The molecule has 0 fully saturated rings. The van der Waals surface area contributed by atoms with Gasteiger partial charge in [0.2, 0.25) is 0 Å². The first-order valence-electron chi connectivity index (χ1n) is 6.76. The Bertz CT molecular complexity index is 880. The Labute approximate surface area is 156 Å². The molecule has 0 unspecified atom stereocenters. The molecular formula is C16H14Cl2O4S2. The zero-order valence-corrected chi connectivity index (χ0v) is 16.0. The lowest BCUT2D eigenvalue weighted by Gasteiger charge is -2.13. The van der Waals surface area contributed by atoms with Gasteiger partial charge in [0.25, 0.3) is 0 Å². The summed E-state index contributed by atoms with van der Waals surface area (Å²) in [5.41, 5.74) is 0.729. The molecule has 0 bridgehead atoms. The second-order valence-electron chi connectivity index (χ2n) is 5.00. The molecule has 0 saturated heterocycles. The number of benzene rings is 2. The van der Waals surface area contributed by atoms with Crippen LogP contribution in [0.2, 0.25) is 10.0 Å². The van der Waals surface area contributed by atoms with Crippen LogP contribution in [0.4, 0.5) is 0 Å². The van der Waals surface area contributed by atoms with Crippen LogP contribution in [0.1, 0.15) is 12.5 Å². The lowest BCUT2D eigenvalue weighted by atomic mass is 10.2. The van der Waals surface area contributed by atoms with Crippen molar-refractivity contribution in [3.8, 4) is 11.5 Å². The highest BCUT2D eigenvalue weighted by Crippen LogP contribution is 2.34. The molecule has 2 aromatic rings. The Morgan fingerprint density at radius 1 is 1.12 bits per heavy atom. The van der Waals surface area contributed by atoms with Crippen LogP contribution in [-0.4, -0.2) is 19.7 Å². The normalized spacial score (nSPS) is 11.2. The minimum atomic E-state index is -3.34. The van der Waals surface area contributed by atoms with E-state index in [9.17, 15) is 8.42 Å². The molecule has 0 atom stereocenters. The van der Waals surface area contributed by atoms with Crippen molar-refractivity contribution >= 4 is 50.3 Å². The standard InChI is InChI=1S/C16H14Cl2O4S2/c1-10(23)21-9-11-3-4-12(17)7-16(11)22-15-6-5-13(8-14(15)18)24(2,19)20/h3-8H,9H2,1-2H3. The number of sulfone groups is 1. The topological polar surface area (TPSA) is 52.6 Å². The predicted octanol–water partition coefficient (Wildman–Crippen LogP) is 5.05. The summed E-state index contributed by atoms with van der Waals surface area (Å²) in [4.78, 5) is 0.117. The van der Waals surface area contributed by atoms with Crippen molar-refractivity contribution in [1.29, 1.82) is 0 Å². The SMILES string of the molecule is CC(=S)OCc1ccc(Cl)cc1Oc1ccc(S(C)(=O)=O)cc1Cl. The average molecular weight is 405 g/mol. The van der Waals surface area contributed by atoms with Gasteiger partial charge in [0.15, 0.2) is 14.9 Å². The highest BCUT2D eigenvalue weighted by molar-refractivity contribution is 7.90. The molecule has 128 valence electrons. The summed E-state index contributed by atoms with van der Waals surface area (Å²) in [5.74, 6) is 0.763. The van der Waals surface area contributed by atoms with Gasteiger partial charge in [-0.2, -0.15) is 0 Å². The molecule has 0 N–H and O–H groups in total. The van der Waals surface area contributed by atoms with Crippen molar-refractivity contribution in [2.75, 3.05) is 6.26 Å². The maximum absolute atomic E-state index is 11.6. The number of hydrogen-bond donors (Lipinski definition) is 0. The van der Waals surface area contributed by atoms with E-state index in [1.54, 1.807) is 25.1 Å². The van der Waals surface area contributed by atoms with Crippen molar-refractivity contribution in [3.63, 3.8) is 0 Å². The molecule has 0 aliphatic carbocycles. The van der Waals surface area contributed by atoms with Gasteiger partial charge in [0, 0.05) is 23.8 Å². The zero-order chi connectivity index (χ0) is 17.9. The van der Waals surface area contributed by atoms with Gasteiger partial charge in [0.1, 0.15) is 18.1 Å². The molecule has 2 aromatic carbocycles. The highest BCUT2D eigenvalue weighted by Gasteiger charge is 2.13. The summed E-state index contributed by atoms with van der Waals surface area (Å²) >= 11 is 17.0. The Morgan fingerprint density at radius 2 is 1.83 bits per heavy atom. The second kappa shape index (κ2) is 7.70. The maximum Gasteiger partial charge on any atom is 0.175 e. The minimum Gasteiger partial charge on any atom is -0.483 e. The van der Waals surface area contributed by atoms with Crippen LogP contribution >= 0.6 is 35.4 Å². The average Bonchev–Trinajstić information content (AvgIpc) is 2.47. The van der Waals surface area contributed by atoms with Gasteiger partial charge in [-0.25, -0.2) is 8.42 Å². The van der Waals surface area contributed by atoms with E-state index in [2.05, 4.69) is 0 Å². The summed E-state index contributed by atoms with van der Waals surface area (Å²) < 4.78 is 34.2. The first-order valence-corrected chi connectivity index (χ1v) is 9.81. The monoisotopic (exact) mass is 404 g/mol. The fraction of sp³-hybridized carbons (Fsp3) is 0.188. The van der Waals surface area contributed by atoms with Crippen LogP contribution in [0.3, 0.4) is 0 Å². The highest BCUT2D eigenvalue weighted by atomic mass is 35.5. The van der Waals surface area contributed by atoms with Crippen LogP contribution in [0, 0.1) is 0 Å². The molecule has 0 aliphatic rings. The quantitative estimate of drug-likeness (QED) is 0.652. The lowest BCUT2D eigenvalue weighted by Crippen LogP contribution is -2.00. The predicted molar refractivity (Wildman–Crippen MR) is 99.1 cm³/mol. The summed E-state index contributed by atoms with van der Waals surface area (Å²) in [6.07, 6.45) is 1.11. The van der Waals surface area contributed by atoms with E-state index in [1.165, 1.54) is 18.2 Å². The Balaban J connectivity index is 2.33. The molecule has 0 radical (unpaired) electrons. The minimum absolute atomic E-state index is 0.117. The Hall–Kier alpha value is -1.34. The first kappa shape index (κ1) is 19.0. The van der Waals surface area contributed by atoms with E-state index in [-0.39, 0.29) is 16.5 Å². The third-order valence-electron chi connectivity index (χ3n) is 3.01. The van der Waals surface area contributed by atoms with Crippen LogP contribution < -0.4 is 4.74 Å². The Kier molecular flexibility index (Phi) is 6.09. The smallest absolute Gasteiger partial charge is 0.175 e. The summed E-state index contributed by atoms with van der Waals surface area (Å²) in [7, 11) is -3.34. The fourth-order valence-electron chi connectivity index (χ4n) is 1.84. The van der Waals surface area contributed by atoms with Crippen molar-refractivity contribution in [3.05, 3.63) is 52.0 Å². The molecule has 24 heavy (non-hydrogen) atoms. The molecule has 0 saturated carbocycles. The van der Waals surface area contributed by atoms with Gasteiger partial charge in [-0.3, -0.25) is 0 Å². The van der Waals surface area contributed by atoms with Crippen LogP contribution in [0.25, 0.3) is 0 Å². The van der Waals surface area contributed by atoms with E-state index in [1.807, 2.05) is 0 Å². The Morgan fingerprint density at radius 3 is 2.42 bits per heavy atom. The van der Waals surface area contributed by atoms with Gasteiger partial charge in [-0.1, -0.05) is 29.3 Å². The van der Waals surface area contributed by atoms with Crippen molar-refractivity contribution in [2.24, 2.45) is 0 Å². The fourth-order valence-corrected chi connectivity index (χ4v) is 2.99. The molecule has 0 amide bonds. The lowest BCUT2D eigenvalue weighted by molar-refractivity contribution is 0.293. The van der Waals surface area contributed by atoms with Gasteiger partial charge in [0.05, 0.1) is 9.92 Å². The van der Waals surface area contributed by atoms with E-state index in [0.29, 0.717) is 21.6 Å². The van der Waals surface area contributed by atoms with Crippen LogP contribution in [0.15, 0.2) is 41.3 Å². The van der Waals surface area contributed by atoms with Gasteiger partial charge < -0.3 is 9.47 Å². The van der Waals surface area contributed by atoms with Crippen LogP contribution in [-0.2, 0) is 21.2 Å². The van der Waals surface area contributed by atoms with E-state index in [0.717, 1.165) is 11.8 Å². The van der Waals surface area contributed by atoms with E-state index < -0.39 is 9.84 Å². The molecule has 0 heterocycles. The molecule has 2 rings (SSSR count). The van der Waals surface area contributed by atoms with Gasteiger partial charge >= 0.3 is 0 Å². The van der Waals surface area contributed by atoms with E-state index in [4.69, 9.17) is 44.9 Å². The molecule has 0 aliphatic heterocycles. The summed E-state index contributed by atoms with van der Waals surface area (Å²) in [6.45, 7) is 1.90. The van der Waals surface area contributed by atoms with Crippen LogP contribution in [0.5, 0.6) is 11.5 Å². The van der Waals surface area contributed by atoms with E-state index >= 15 is 0 Å².